The lowest BCUT2D eigenvalue weighted by Gasteiger charge is -2.02. The molecular formula is C15H14N4O2S. The molecule has 7 heteroatoms. The molecule has 2 aromatic rings. The lowest BCUT2D eigenvalue weighted by Crippen LogP contribution is -1.99. The van der Waals surface area contributed by atoms with Crippen LogP contribution in [0.2, 0.25) is 0 Å². The maximum absolute atomic E-state index is 9.01. The van der Waals surface area contributed by atoms with Crippen LogP contribution in [0.4, 0.5) is 0 Å². The zero-order valence-electron chi connectivity index (χ0n) is 12.0. The Labute approximate surface area is 132 Å². The third kappa shape index (κ3) is 4.24. The van der Waals surface area contributed by atoms with Crippen molar-refractivity contribution in [2.45, 2.75) is 18.1 Å². The first-order chi connectivity index (χ1) is 10.8. The predicted molar refractivity (Wildman–Crippen MR) is 81.0 cm³/mol. The Morgan fingerprint density at radius 2 is 2.05 bits per heavy atom. The van der Waals surface area contributed by atoms with Crippen molar-refractivity contribution in [1.29, 1.82) is 10.5 Å². The fourth-order valence-corrected chi connectivity index (χ4v) is 2.54. The molecule has 0 aliphatic carbocycles. The van der Waals surface area contributed by atoms with Crippen LogP contribution in [0.1, 0.15) is 12.8 Å². The first-order valence-corrected chi connectivity index (χ1v) is 7.62. The number of ether oxygens (including phenoxy) is 1. The van der Waals surface area contributed by atoms with Crippen LogP contribution in [0.15, 0.2) is 33.9 Å². The van der Waals surface area contributed by atoms with Crippen molar-refractivity contribution in [3.8, 4) is 29.3 Å². The van der Waals surface area contributed by atoms with Gasteiger partial charge in [-0.05, 0) is 30.7 Å². The van der Waals surface area contributed by atoms with E-state index < -0.39 is 0 Å². The van der Waals surface area contributed by atoms with Crippen molar-refractivity contribution in [2.24, 2.45) is 5.92 Å². The number of aromatic nitrogens is 2. The summed E-state index contributed by atoms with van der Waals surface area (Å²) in [5.74, 6) is 1.52. The van der Waals surface area contributed by atoms with E-state index in [0.29, 0.717) is 29.7 Å². The van der Waals surface area contributed by atoms with Crippen LogP contribution in [0, 0.1) is 28.6 Å². The standard InChI is InChI=1S/C15H14N4O2S/c1-20-13-6-4-12(5-7-13)14-18-19-15(21-14)22-10-11(9-17)3-2-8-16/h4-7,11H,2-3,10H2,1H3/t11-/m1/s1. The number of hydrogen-bond acceptors (Lipinski definition) is 7. The summed E-state index contributed by atoms with van der Waals surface area (Å²) in [5.41, 5.74) is 0.807. The molecule has 2 rings (SSSR count). The Kier molecular flexibility index (Phi) is 5.81. The Morgan fingerprint density at radius 3 is 2.68 bits per heavy atom. The Morgan fingerprint density at radius 1 is 1.27 bits per heavy atom. The number of rotatable bonds is 7. The van der Waals surface area contributed by atoms with Crippen molar-refractivity contribution >= 4 is 11.8 Å². The summed E-state index contributed by atoms with van der Waals surface area (Å²) in [6.45, 7) is 0. The van der Waals surface area contributed by atoms with E-state index in [2.05, 4.69) is 16.3 Å². The molecule has 6 nitrogen and oxygen atoms in total. The first kappa shape index (κ1) is 15.9. The molecule has 22 heavy (non-hydrogen) atoms. The van der Waals surface area contributed by atoms with E-state index in [1.54, 1.807) is 7.11 Å². The SMILES string of the molecule is COc1ccc(-c2nnc(SC[C@@H](C#N)CCC#N)o2)cc1. The van der Waals surface area contributed by atoms with Crippen LogP contribution in [-0.4, -0.2) is 23.1 Å². The molecule has 0 aliphatic heterocycles. The second-order valence-electron chi connectivity index (χ2n) is 4.44. The van der Waals surface area contributed by atoms with Gasteiger partial charge >= 0.3 is 0 Å². The van der Waals surface area contributed by atoms with Crippen LogP contribution in [0.3, 0.4) is 0 Å². The molecule has 0 aliphatic rings. The summed E-state index contributed by atoms with van der Waals surface area (Å²) in [4.78, 5) is 0. The van der Waals surface area contributed by atoms with E-state index in [1.165, 1.54) is 11.8 Å². The maximum atomic E-state index is 9.01. The van der Waals surface area contributed by atoms with Gasteiger partial charge in [-0.2, -0.15) is 10.5 Å². The summed E-state index contributed by atoms with van der Waals surface area (Å²) < 4.78 is 10.7. The van der Waals surface area contributed by atoms with Crippen LogP contribution < -0.4 is 4.74 Å². The summed E-state index contributed by atoms with van der Waals surface area (Å²) in [5, 5.41) is 25.9. The molecule has 0 spiro atoms. The van der Waals surface area contributed by atoms with E-state index >= 15 is 0 Å². The molecular weight excluding hydrogens is 300 g/mol. The van der Waals surface area contributed by atoms with E-state index in [1.807, 2.05) is 30.3 Å². The summed E-state index contributed by atoms with van der Waals surface area (Å²) in [7, 11) is 1.61. The normalized spacial score (nSPS) is 11.4. The third-order valence-corrected chi connectivity index (χ3v) is 3.92. The number of nitriles is 2. The van der Waals surface area contributed by atoms with Crippen LogP contribution in [0.5, 0.6) is 5.75 Å². The molecule has 112 valence electrons. The molecule has 1 atom stereocenters. The molecule has 0 amide bonds. The van der Waals surface area contributed by atoms with Gasteiger partial charge in [0.1, 0.15) is 5.75 Å². The van der Waals surface area contributed by atoms with Crippen molar-refractivity contribution in [3.63, 3.8) is 0 Å². The predicted octanol–water partition coefficient (Wildman–Crippen LogP) is 3.28. The third-order valence-electron chi connectivity index (χ3n) is 2.94. The second kappa shape index (κ2) is 8.06. The molecule has 0 saturated heterocycles. The molecule has 0 unspecified atom stereocenters. The number of thioether (sulfide) groups is 1. The average molecular weight is 314 g/mol. The lowest BCUT2D eigenvalue weighted by atomic mass is 10.1. The van der Waals surface area contributed by atoms with Gasteiger partial charge in [-0.3, -0.25) is 0 Å². The summed E-state index contributed by atoms with van der Waals surface area (Å²) in [6.07, 6.45) is 0.930. The van der Waals surface area contributed by atoms with Gasteiger partial charge in [-0.1, -0.05) is 11.8 Å². The van der Waals surface area contributed by atoms with Crippen molar-refractivity contribution in [3.05, 3.63) is 24.3 Å². The highest BCUT2D eigenvalue weighted by Gasteiger charge is 2.13. The molecule has 1 aromatic carbocycles. The quantitative estimate of drug-likeness (QED) is 0.723. The fourth-order valence-electron chi connectivity index (χ4n) is 1.71. The lowest BCUT2D eigenvalue weighted by molar-refractivity contribution is 0.414. The van der Waals surface area contributed by atoms with E-state index in [9.17, 15) is 0 Å². The highest BCUT2D eigenvalue weighted by atomic mass is 32.2. The molecule has 1 heterocycles. The molecule has 0 radical (unpaired) electrons. The van der Waals surface area contributed by atoms with Gasteiger partial charge in [0, 0.05) is 17.7 Å². The van der Waals surface area contributed by atoms with Crippen molar-refractivity contribution in [2.75, 3.05) is 12.9 Å². The zero-order valence-corrected chi connectivity index (χ0v) is 12.8. The highest BCUT2D eigenvalue weighted by molar-refractivity contribution is 7.99. The molecule has 0 N–H and O–H groups in total. The van der Waals surface area contributed by atoms with Crippen LogP contribution >= 0.6 is 11.8 Å². The van der Waals surface area contributed by atoms with Crippen molar-refractivity contribution in [1.82, 2.24) is 10.2 Å². The highest BCUT2D eigenvalue weighted by Crippen LogP contribution is 2.26. The fraction of sp³-hybridized carbons (Fsp3) is 0.333. The van der Waals surface area contributed by atoms with Gasteiger partial charge in [0.2, 0.25) is 5.89 Å². The Hall–Kier alpha value is -2.51. The number of benzene rings is 1. The van der Waals surface area contributed by atoms with Gasteiger partial charge < -0.3 is 9.15 Å². The van der Waals surface area contributed by atoms with Gasteiger partial charge in [0.25, 0.3) is 5.22 Å². The van der Waals surface area contributed by atoms with Crippen molar-refractivity contribution < 1.29 is 9.15 Å². The summed E-state index contributed by atoms with van der Waals surface area (Å²) in [6, 6.07) is 11.5. The van der Waals surface area contributed by atoms with E-state index in [0.717, 1.165) is 11.3 Å². The van der Waals surface area contributed by atoms with Crippen LogP contribution in [-0.2, 0) is 0 Å². The monoisotopic (exact) mass is 314 g/mol. The number of hydrogen-bond donors (Lipinski definition) is 0. The maximum Gasteiger partial charge on any atom is 0.276 e. The number of nitrogens with zero attached hydrogens (tertiary/aromatic N) is 4. The topological polar surface area (TPSA) is 95.7 Å². The zero-order chi connectivity index (χ0) is 15.8. The average Bonchev–Trinajstić information content (AvgIpc) is 3.04. The second-order valence-corrected chi connectivity index (χ2v) is 5.41. The molecule has 0 bridgehead atoms. The molecule has 0 fully saturated rings. The van der Waals surface area contributed by atoms with Gasteiger partial charge in [0.15, 0.2) is 0 Å². The Balaban J connectivity index is 1.96. The van der Waals surface area contributed by atoms with Crippen LogP contribution in [0.25, 0.3) is 11.5 Å². The molecule has 1 aromatic heterocycles. The smallest absolute Gasteiger partial charge is 0.276 e. The van der Waals surface area contributed by atoms with Gasteiger partial charge in [-0.25, -0.2) is 0 Å². The molecule has 0 saturated carbocycles. The first-order valence-electron chi connectivity index (χ1n) is 6.64. The minimum absolute atomic E-state index is 0.194. The Bertz CT molecular complexity index is 685. The minimum atomic E-state index is -0.194. The largest absolute Gasteiger partial charge is 0.497 e. The van der Waals surface area contributed by atoms with Gasteiger partial charge in [0.05, 0.1) is 25.2 Å². The number of methoxy groups -OCH3 is 1. The van der Waals surface area contributed by atoms with E-state index in [4.69, 9.17) is 19.7 Å². The van der Waals surface area contributed by atoms with Gasteiger partial charge in [-0.15, -0.1) is 10.2 Å². The minimum Gasteiger partial charge on any atom is -0.497 e. The summed E-state index contributed by atoms with van der Waals surface area (Å²) >= 11 is 1.33. The van der Waals surface area contributed by atoms with E-state index in [-0.39, 0.29) is 5.92 Å².